The van der Waals surface area contributed by atoms with Gasteiger partial charge < -0.3 is 14.8 Å². The van der Waals surface area contributed by atoms with Gasteiger partial charge in [0.25, 0.3) is 0 Å². The van der Waals surface area contributed by atoms with E-state index in [0.29, 0.717) is 23.1 Å². The number of hydrogen-bond donors (Lipinski definition) is 1. The number of ether oxygens (including phenoxy) is 2. The van der Waals surface area contributed by atoms with Crippen LogP contribution in [0.5, 0.6) is 5.75 Å². The lowest BCUT2D eigenvalue weighted by Gasteiger charge is -2.35. The van der Waals surface area contributed by atoms with Crippen molar-refractivity contribution in [3.05, 3.63) is 24.3 Å². The molecular formula is C21H30N2O4S. The van der Waals surface area contributed by atoms with Crippen LogP contribution in [-0.4, -0.2) is 47.3 Å². The maximum Gasteiger partial charge on any atom is 0.330 e. The van der Waals surface area contributed by atoms with E-state index in [4.69, 9.17) is 9.47 Å². The molecule has 1 aliphatic heterocycles. The molecule has 1 saturated carbocycles. The number of carbonyl (C=O) groups is 2. The minimum atomic E-state index is -0.551. The molecule has 1 aliphatic carbocycles. The molecule has 1 saturated heterocycles. The lowest BCUT2D eigenvalue weighted by molar-refractivity contribution is -0.151. The number of thioether (sulfide) groups is 1. The molecule has 0 bridgehead atoms. The summed E-state index contributed by atoms with van der Waals surface area (Å²) in [7, 11) is 1.59. The monoisotopic (exact) mass is 406 g/mol. The molecule has 0 aromatic heterocycles. The Labute approximate surface area is 171 Å². The van der Waals surface area contributed by atoms with Gasteiger partial charge in [0, 0.05) is 17.5 Å². The fraction of sp³-hybridized carbons (Fsp3) is 0.619. The van der Waals surface area contributed by atoms with Gasteiger partial charge in [-0.15, -0.1) is 11.8 Å². The Bertz CT molecular complexity index is 691. The predicted octanol–water partition coefficient (Wildman–Crippen LogP) is 4.50. The zero-order valence-corrected chi connectivity index (χ0v) is 17.7. The van der Waals surface area contributed by atoms with Crippen molar-refractivity contribution in [3.63, 3.8) is 0 Å². The van der Waals surface area contributed by atoms with Crippen molar-refractivity contribution < 1.29 is 19.1 Å². The second-order valence-corrected chi connectivity index (χ2v) is 8.84. The molecular weight excluding hydrogens is 376 g/mol. The molecule has 6 nitrogen and oxygen atoms in total. The van der Waals surface area contributed by atoms with Gasteiger partial charge in [-0.2, -0.15) is 0 Å². The van der Waals surface area contributed by atoms with E-state index >= 15 is 0 Å². The third kappa shape index (κ3) is 4.93. The van der Waals surface area contributed by atoms with Crippen LogP contribution in [0.2, 0.25) is 0 Å². The van der Waals surface area contributed by atoms with Crippen LogP contribution in [0, 0.1) is 5.92 Å². The Hall–Kier alpha value is -1.89. The minimum absolute atomic E-state index is 0.00983. The number of nitrogens with zero attached hydrogens (tertiary/aromatic N) is 1. The first-order chi connectivity index (χ1) is 13.5. The number of esters is 1. The number of anilines is 1. The van der Waals surface area contributed by atoms with Crippen LogP contribution in [0.1, 0.15) is 46.0 Å². The summed E-state index contributed by atoms with van der Waals surface area (Å²) < 4.78 is 10.7. The van der Waals surface area contributed by atoms with Crippen LogP contribution in [0.4, 0.5) is 10.5 Å². The van der Waals surface area contributed by atoms with Gasteiger partial charge in [0.05, 0.1) is 18.6 Å². The lowest BCUT2D eigenvalue weighted by Crippen LogP contribution is -2.50. The van der Waals surface area contributed by atoms with Crippen LogP contribution >= 0.6 is 11.8 Å². The largest absolute Gasteiger partial charge is 0.497 e. The van der Waals surface area contributed by atoms with Gasteiger partial charge in [-0.05, 0) is 44.7 Å². The van der Waals surface area contributed by atoms with E-state index in [1.54, 1.807) is 29.8 Å². The summed E-state index contributed by atoms with van der Waals surface area (Å²) in [6.07, 6.45) is 5.64. The molecule has 28 heavy (non-hydrogen) atoms. The average Bonchev–Trinajstić information content (AvgIpc) is 3.14. The second kappa shape index (κ2) is 9.54. The highest BCUT2D eigenvalue weighted by Crippen LogP contribution is 2.41. The Balaban J connectivity index is 1.80. The summed E-state index contributed by atoms with van der Waals surface area (Å²) in [6, 6.07) is 6.45. The molecule has 2 fully saturated rings. The highest BCUT2D eigenvalue weighted by molar-refractivity contribution is 8.00. The Kier molecular flexibility index (Phi) is 7.10. The van der Waals surface area contributed by atoms with Gasteiger partial charge in [-0.25, -0.2) is 9.59 Å². The fourth-order valence-corrected chi connectivity index (χ4v) is 5.57. The SMILES string of the molecule is COc1cccc(NC(=O)N2C(C(=O)OC(C)C)CSC2C2CCCCC2)c1. The standard InChI is InChI=1S/C21H30N2O4S/c1-14(2)27-20(24)18-13-28-19(15-8-5-4-6-9-15)23(18)21(25)22-16-10-7-11-17(12-16)26-3/h7,10-12,14-15,18-19H,4-6,8-9,13H2,1-3H3,(H,22,25). The van der Waals surface area contributed by atoms with Crippen molar-refractivity contribution in [1.82, 2.24) is 4.90 Å². The predicted molar refractivity (Wildman–Crippen MR) is 112 cm³/mol. The number of amides is 2. The summed E-state index contributed by atoms with van der Waals surface area (Å²) in [5, 5.41) is 2.96. The van der Waals surface area contributed by atoms with Crippen molar-refractivity contribution in [2.24, 2.45) is 5.92 Å². The first-order valence-electron chi connectivity index (χ1n) is 10.0. The van der Waals surface area contributed by atoms with E-state index in [-0.39, 0.29) is 23.5 Å². The highest BCUT2D eigenvalue weighted by Gasteiger charge is 2.46. The zero-order valence-electron chi connectivity index (χ0n) is 16.8. The molecule has 154 valence electrons. The number of benzene rings is 1. The lowest BCUT2D eigenvalue weighted by atomic mass is 9.88. The highest BCUT2D eigenvalue weighted by atomic mass is 32.2. The molecule has 0 spiro atoms. The Morgan fingerprint density at radius 1 is 1.21 bits per heavy atom. The van der Waals surface area contributed by atoms with Crippen LogP contribution in [0.25, 0.3) is 0 Å². The van der Waals surface area contributed by atoms with Crippen LogP contribution < -0.4 is 10.1 Å². The normalized spacial score (nSPS) is 22.9. The molecule has 3 rings (SSSR count). The maximum atomic E-state index is 13.2. The first-order valence-corrected chi connectivity index (χ1v) is 11.1. The van der Waals surface area contributed by atoms with E-state index in [2.05, 4.69) is 5.32 Å². The third-order valence-corrected chi connectivity index (χ3v) is 6.73. The molecule has 2 aliphatic rings. The van der Waals surface area contributed by atoms with E-state index in [0.717, 1.165) is 12.8 Å². The number of urea groups is 1. The number of rotatable bonds is 5. The Morgan fingerprint density at radius 2 is 1.96 bits per heavy atom. The first kappa shape index (κ1) is 20.8. The number of methoxy groups -OCH3 is 1. The topological polar surface area (TPSA) is 67.9 Å². The molecule has 7 heteroatoms. The maximum absolute atomic E-state index is 13.2. The van der Waals surface area contributed by atoms with Gasteiger partial charge in [0.15, 0.2) is 0 Å². The number of hydrogen-bond acceptors (Lipinski definition) is 5. The summed E-state index contributed by atoms with van der Waals surface area (Å²) in [5.41, 5.74) is 0.652. The van der Waals surface area contributed by atoms with E-state index in [1.165, 1.54) is 19.3 Å². The average molecular weight is 407 g/mol. The molecule has 1 aromatic rings. The number of nitrogens with one attached hydrogen (secondary N) is 1. The van der Waals surface area contributed by atoms with Gasteiger partial charge in [-0.3, -0.25) is 4.90 Å². The molecule has 0 radical (unpaired) electrons. The molecule has 2 amide bonds. The third-order valence-electron chi connectivity index (χ3n) is 5.27. The van der Waals surface area contributed by atoms with Crippen LogP contribution in [-0.2, 0) is 9.53 Å². The van der Waals surface area contributed by atoms with Crippen molar-refractivity contribution in [3.8, 4) is 5.75 Å². The summed E-state index contributed by atoms with van der Waals surface area (Å²) in [6.45, 7) is 3.67. The van der Waals surface area contributed by atoms with Gasteiger partial charge >= 0.3 is 12.0 Å². The van der Waals surface area contributed by atoms with Gasteiger partial charge in [-0.1, -0.05) is 25.3 Å². The minimum Gasteiger partial charge on any atom is -0.497 e. The van der Waals surface area contributed by atoms with Gasteiger partial charge in [0.2, 0.25) is 0 Å². The molecule has 1 heterocycles. The smallest absolute Gasteiger partial charge is 0.330 e. The summed E-state index contributed by atoms with van der Waals surface area (Å²) in [5.74, 6) is 1.36. The molecule has 2 unspecified atom stereocenters. The zero-order chi connectivity index (χ0) is 20.1. The van der Waals surface area contributed by atoms with Crippen molar-refractivity contribution in [2.75, 3.05) is 18.2 Å². The van der Waals surface area contributed by atoms with Gasteiger partial charge in [0.1, 0.15) is 11.8 Å². The van der Waals surface area contributed by atoms with E-state index in [9.17, 15) is 9.59 Å². The van der Waals surface area contributed by atoms with Crippen molar-refractivity contribution in [2.45, 2.75) is 63.5 Å². The van der Waals surface area contributed by atoms with Crippen molar-refractivity contribution >= 4 is 29.4 Å². The second-order valence-electron chi connectivity index (χ2n) is 7.69. The Morgan fingerprint density at radius 3 is 2.64 bits per heavy atom. The van der Waals surface area contributed by atoms with Crippen LogP contribution in [0.3, 0.4) is 0 Å². The van der Waals surface area contributed by atoms with E-state index < -0.39 is 6.04 Å². The summed E-state index contributed by atoms with van der Waals surface area (Å²) in [4.78, 5) is 27.6. The van der Waals surface area contributed by atoms with E-state index in [1.807, 2.05) is 32.0 Å². The molecule has 1 aromatic carbocycles. The molecule has 2 atom stereocenters. The fourth-order valence-electron chi connectivity index (χ4n) is 3.95. The van der Waals surface area contributed by atoms with Crippen LogP contribution in [0.15, 0.2) is 24.3 Å². The van der Waals surface area contributed by atoms with Crippen molar-refractivity contribution in [1.29, 1.82) is 0 Å². The quantitative estimate of drug-likeness (QED) is 0.729. The summed E-state index contributed by atoms with van der Waals surface area (Å²) >= 11 is 1.71. The number of carbonyl (C=O) groups excluding carboxylic acids is 2. The molecule has 1 N–H and O–H groups in total.